The molecule has 0 aliphatic heterocycles. The minimum atomic E-state index is -2.33. The van der Waals surface area contributed by atoms with Crippen molar-refractivity contribution >= 4 is 33.8 Å². The van der Waals surface area contributed by atoms with Gasteiger partial charge < -0.3 is 21.8 Å². The molecule has 0 spiro atoms. The number of hydrogen-bond donors (Lipinski definition) is 0. The fourth-order valence-corrected chi connectivity index (χ4v) is 20.2. The van der Waals surface area contributed by atoms with Gasteiger partial charge in [0.1, 0.15) is 0 Å². The highest BCUT2D eigenvalue weighted by Gasteiger charge is 2.44. The second kappa shape index (κ2) is 9.39. The summed E-state index contributed by atoms with van der Waals surface area (Å²) in [6.07, 6.45) is 0. The molecule has 9 heteroatoms. The smallest absolute Gasteiger partial charge is 0.318 e. The monoisotopic (exact) mass is 398 g/mol. The predicted octanol–water partition coefficient (Wildman–Crippen LogP) is 4.14. The van der Waals surface area contributed by atoms with E-state index in [1.54, 1.807) is 7.11 Å². The molecule has 0 aliphatic rings. The van der Waals surface area contributed by atoms with Gasteiger partial charge in [0.15, 0.2) is 16.6 Å². The van der Waals surface area contributed by atoms with Crippen molar-refractivity contribution in [3.8, 4) is 0 Å². The molecular formula is C14H38O5Si4. The predicted molar refractivity (Wildman–Crippen MR) is 107 cm³/mol. The molecule has 0 heterocycles. The summed E-state index contributed by atoms with van der Waals surface area (Å²) in [4.78, 5) is 0. The van der Waals surface area contributed by atoms with E-state index in [4.69, 9.17) is 21.8 Å². The van der Waals surface area contributed by atoms with Crippen molar-refractivity contribution < 1.29 is 21.8 Å². The molecule has 5 nitrogen and oxygen atoms in total. The van der Waals surface area contributed by atoms with Crippen LogP contribution in [0.15, 0.2) is 0 Å². The summed E-state index contributed by atoms with van der Waals surface area (Å²) in [6, 6.07) is 0.826. The molecule has 0 aliphatic carbocycles. The van der Waals surface area contributed by atoms with Crippen LogP contribution in [0.3, 0.4) is 0 Å². The van der Waals surface area contributed by atoms with Gasteiger partial charge in [-0.15, -0.1) is 0 Å². The van der Waals surface area contributed by atoms with Crippen LogP contribution in [0.4, 0.5) is 0 Å². The molecule has 0 aromatic rings. The summed E-state index contributed by atoms with van der Waals surface area (Å²) in [5.74, 6) is 0. The van der Waals surface area contributed by atoms with E-state index in [0.29, 0.717) is 19.8 Å². The molecule has 0 amide bonds. The van der Waals surface area contributed by atoms with Crippen molar-refractivity contribution in [2.45, 2.75) is 65.0 Å². The zero-order valence-corrected chi connectivity index (χ0v) is 20.9. The van der Waals surface area contributed by atoms with E-state index in [0.717, 1.165) is 6.04 Å². The zero-order chi connectivity index (χ0) is 18.4. The van der Waals surface area contributed by atoms with Gasteiger partial charge in [-0.2, -0.15) is 0 Å². The highest BCUT2D eigenvalue weighted by molar-refractivity contribution is 6.89. The van der Waals surface area contributed by atoms with Crippen LogP contribution in [0.2, 0.25) is 65.0 Å². The maximum atomic E-state index is 6.58. The zero-order valence-electron chi connectivity index (χ0n) is 16.9. The van der Waals surface area contributed by atoms with Gasteiger partial charge >= 0.3 is 17.1 Å². The first-order valence-corrected chi connectivity index (χ1v) is 20.5. The summed E-state index contributed by atoms with van der Waals surface area (Å²) in [5.41, 5.74) is 0. The maximum absolute atomic E-state index is 6.58. The van der Waals surface area contributed by atoms with Gasteiger partial charge in [0.05, 0.1) is 13.2 Å². The van der Waals surface area contributed by atoms with Crippen molar-refractivity contribution in [2.24, 2.45) is 0 Å². The lowest BCUT2D eigenvalue weighted by molar-refractivity contribution is 0.0751. The molecule has 0 saturated carbocycles. The summed E-state index contributed by atoms with van der Waals surface area (Å²) in [5, 5.41) is 0. The van der Waals surface area contributed by atoms with Crippen LogP contribution in [0.1, 0.15) is 0 Å². The van der Waals surface area contributed by atoms with Crippen LogP contribution >= 0.6 is 0 Å². The van der Waals surface area contributed by atoms with Crippen molar-refractivity contribution in [2.75, 3.05) is 26.9 Å². The Morgan fingerprint density at radius 2 is 1.13 bits per heavy atom. The number of hydrogen-bond acceptors (Lipinski definition) is 5. The fraction of sp³-hybridized carbons (Fsp3) is 1.00. The average molecular weight is 399 g/mol. The van der Waals surface area contributed by atoms with E-state index in [2.05, 4.69) is 58.9 Å². The lowest BCUT2D eigenvalue weighted by Gasteiger charge is -2.41. The first-order chi connectivity index (χ1) is 10.2. The quantitative estimate of drug-likeness (QED) is 0.365. The van der Waals surface area contributed by atoms with Gasteiger partial charge in [0, 0.05) is 19.8 Å². The van der Waals surface area contributed by atoms with Gasteiger partial charge in [-0.1, -0.05) is 0 Å². The van der Waals surface area contributed by atoms with E-state index in [1.807, 2.05) is 0 Å². The van der Waals surface area contributed by atoms with Crippen LogP contribution in [0, 0.1) is 0 Å². The molecule has 0 radical (unpaired) electrons. The molecule has 0 aromatic carbocycles. The Balaban J connectivity index is 4.84. The Labute approximate surface area is 147 Å². The molecule has 1 atom stereocenters. The maximum Gasteiger partial charge on any atom is 0.318 e. The first kappa shape index (κ1) is 23.7. The lowest BCUT2D eigenvalue weighted by Crippen LogP contribution is -2.57. The van der Waals surface area contributed by atoms with Gasteiger partial charge in [0.25, 0.3) is 0 Å². The topological polar surface area (TPSA) is 46.2 Å². The molecule has 1 unspecified atom stereocenters. The van der Waals surface area contributed by atoms with E-state index in [1.165, 1.54) is 0 Å². The minimum Gasteiger partial charge on any atom is -0.437 e. The van der Waals surface area contributed by atoms with Gasteiger partial charge in [0.2, 0.25) is 0 Å². The minimum absolute atomic E-state index is 0.611. The number of methoxy groups -OCH3 is 1. The molecule has 0 bridgehead atoms. The Morgan fingerprint density at radius 3 is 1.57 bits per heavy atom. The van der Waals surface area contributed by atoms with E-state index >= 15 is 0 Å². The van der Waals surface area contributed by atoms with Gasteiger partial charge in [-0.05, 0) is 58.9 Å². The molecule has 0 fully saturated rings. The third-order valence-corrected chi connectivity index (χ3v) is 16.1. The molecular weight excluding hydrogens is 360 g/mol. The van der Waals surface area contributed by atoms with Crippen molar-refractivity contribution in [1.82, 2.24) is 0 Å². The van der Waals surface area contributed by atoms with Gasteiger partial charge in [-0.25, -0.2) is 0 Å². The summed E-state index contributed by atoms with van der Waals surface area (Å²) >= 11 is 0. The van der Waals surface area contributed by atoms with Crippen molar-refractivity contribution in [1.29, 1.82) is 0 Å². The van der Waals surface area contributed by atoms with Crippen LogP contribution in [-0.4, -0.2) is 60.7 Å². The SMILES string of the molecule is COCCOCC[Si](C)(O[Si](C)(C)C)O[Si](C)(C)O[Si](C)(C)C. The van der Waals surface area contributed by atoms with Crippen LogP contribution < -0.4 is 0 Å². The lowest BCUT2D eigenvalue weighted by atomic mass is 10.7. The second-order valence-corrected chi connectivity index (χ2v) is 24.9. The highest BCUT2D eigenvalue weighted by Crippen LogP contribution is 2.26. The summed E-state index contributed by atoms with van der Waals surface area (Å²) < 4.78 is 30.1. The molecule has 23 heavy (non-hydrogen) atoms. The normalized spacial score (nSPS) is 16.4. The average Bonchev–Trinajstić information content (AvgIpc) is 2.20. The Hall–Kier alpha value is 0.668. The first-order valence-electron chi connectivity index (χ1n) is 8.35. The van der Waals surface area contributed by atoms with E-state index in [9.17, 15) is 0 Å². The van der Waals surface area contributed by atoms with Crippen LogP contribution in [0.5, 0.6) is 0 Å². The standard InChI is InChI=1S/C14H38O5Si4/c1-15-11-12-16-13-14-23(10,18-21(5,6)7)19-22(8,9)17-20(2,3)4/h11-14H2,1-10H3. The largest absolute Gasteiger partial charge is 0.437 e. The van der Waals surface area contributed by atoms with Crippen molar-refractivity contribution in [3.63, 3.8) is 0 Å². The van der Waals surface area contributed by atoms with E-state index in [-0.39, 0.29) is 0 Å². The Bertz CT molecular complexity index is 341. The van der Waals surface area contributed by atoms with Crippen molar-refractivity contribution in [3.05, 3.63) is 0 Å². The molecule has 140 valence electrons. The molecule has 0 N–H and O–H groups in total. The van der Waals surface area contributed by atoms with Gasteiger partial charge in [-0.3, -0.25) is 0 Å². The molecule has 0 rings (SSSR count). The third-order valence-electron chi connectivity index (χ3n) is 2.67. The highest BCUT2D eigenvalue weighted by atomic mass is 28.5. The molecule has 0 saturated heterocycles. The summed E-state index contributed by atoms with van der Waals surface area (Å²) in [7, 11) is -6.18. The number of ether oxygens (including phenoxy) is 2. The van der Waals surface area contributed by atoms with Crippen LogP contribution in [-0.2, 0) is 21.8 Å². The fourth-order valence-electron chi connectivity index (χ4n) is 2.55. The van der Waals surface area contributed by atoms with Crippen LogP contribution in [0.25, 0.3) is 0 Å². The number of rotatable bonds is 12. The molecule has 0 aromatic heterocycles. The second-order valence-electron chi connectivity index (χ2n) is 8.42. The Morgan fingerprint density at radius 1 is 0.609 bits per heavy atom. The summed E-state index contributed by atoms with van der Waals surface area (Å²) in [6.45, 7) is 21.6. The van der Waals surface area contributed by atoms with E-state index < -0.39 is 33.8 Å². The Kier molecular flexibility index (Phi) is 9.66. The third kappa shape index (κ3) is 13.6.